The first-order valence-corrected chi connectivity index (χ1v) is 9.40. The van der Waals surface area contributed by atoms with E-state index in [4.69, 9.17) is 4.74 Å². The average Bonchev–Trinajstić information content (AvgIpc) is 2.72. The van der Waals surface area contributed by atoms with Crippen molar-refractivity contribution in [3.63, 3.8) is 0 Å². The van der Waals surface area contributed by atoms with Gasteiger partial charge in [-0.1, -0.05) is 30.3 Å². The molecule has 0 unspecified atom stereocenters. The third kappa shape index (κ3) is 4.18. The second kappa shape index (κ2) is 8.68. The fourth-order valence-corrected chi connectivity index (χ4v) is 3.29. The van der Waals surface area contributed by atoms with Crippen LogP contribution in [0.3, 0.4) is 0 Å². The van der Waals surface area contributed by atoms with Crippen molar-refractivity contribution in [2.45, 2.75) is 25.9 Å². The van der Waals surface area contributed by atoms with Crippen LogP contribution in [0.5, 0.6) is 0 Å². The molecule has 0 saturated heterocycles. The van der Waals surface area contributed by atoms with Crippen molar-refractivity contribution in [3.05, 3.63) is 60.2 Å². The molecular formula is C22H22N2O5. The summed E-state index contributed by atoms with van der Waals surface area (Å²) in [6.07, 6.45) is 0.833. The molecule has 1 aliphatic rings. The Morgan fingerprint density at radius 2 is 1.76 bits per heavy atom. The third-order valence-corrected chi connectivity index (χ3v) is 4.72. The molecule has 0 saturated carbocycles. The van der Waals surface area contributed by atoms with Gasteiger partial charge >= 0.3 is 5.97 Å². The number of esters is 1. The van der Waals surface area contributed by atoms with Gasteiger partial charge in [-0.05, 0) is 30.9 Å². The van der Waals surface area contributed by atoms with E-state index in [0.717, 1.165) is 10.3 Å². The molecular weight excluding hydrogens is 372 g/mol. The maximum absolute atomic E-state index is 12.8. The number of amides is 3. The van der Waals surface area contributed by atoms with Crippen molar-refractivity contribution in [1.82, 2.24) is 10.2 Å². The SMILES string of the molecule is C=CCNC(=O)[C@@H](C)OC(=O)CCCN1C(=O)c2cccc3cccc(c23)C1=O. The van der Waals surface area contributed by atoms with E-state index in [-0.39, 0.29) is 37.7 Å². The molecule has 29 heavy (non-hydrogen) atoms. The minimum atomic E-state index is -0.926. The van der Waals surface area contributed by atoms with E-state index in [1.807, 2.05) is 12.1 Å². The first-order valence-electron chi connectivity index (χ1n) is 9.40. The highest BCUT2D eigenvalue weighted by Crippen LogP contribution is 2.30. The summed E-state index contributed by atoms with van der Waals surface area (Å²) in [6, 6.07) is 10.7. The fourth-order valence-electron chi connectivity index (χ4n) is 3.29. The van der Waals surface area contributed by atoms with E-state index in [0.29, 0.717) is 16.5 Å². The molecule has 0 bridgehead atoms. The minimum absolute atomic E-state index is 0.0119. The number of carbonyl (C=O) groups is 4. The highest BCUT2D eigenvalue weighted by Gasteiger charge is 2.32. The Hall–Kier alpha value is -3.48. The topological polar surface area (TPSA) is 92.8 Å². The van der Waals surface area contributed by atoms with Crippen molar-refractivity contribution in [2.75, 3.05) is 13.1 Å². The summed E-state index contributed by atoms with van der Waals surface area (Å²) in [5.74, 6) is -1.72. The maximum atomic E-state index is 12.8. The van der Waals surface area contributed by atoms with Gasteiger partial charge in [-0.3, -0.25) is 24.1 Å². The smallest absolute Gasteiger partial charge is 0.306 e. The van der Waals surface area contributed by atoms with E-state index < -0.39 is 18.0 Å². The molecule has 0 spiro atoms. The largest absolute Gasteiger partial charge is 0.453 e. The molecule has 1 atom stereocenters. The highest BCUT2D eigenvalue weighted by atomic mass is 16.5. The summed E-state index contributed by atoms with van der Waals surface area (Å²) in [5, 5.41) is 4.05. The van der Waals surface area contributed by atoms with Crippen molar-refractivity contribution < 1.29 is 23.9 Å². The second-order valence-corrected chi connectivity index (χ2v) is 6.74. The molecule has 3 amide bonds. The van der Waals surface area contributed by atoms with Gasteiger partial charge in [0.1, 0.15) is 0 Å². The normalized spacial score (nSPS) is 13.9. The summed E-state index contributed by atoms with van der Waals surface area (Å²) < 4.78 is 5.08. The molecule has 1 heterocycles. The zero-order valence-corrected chi connectivity index (χ0v) is 16.1. The lowest BCUT2D eigenvalue weighted by atomic mass is 9.94. The van der Waals surface area contributed by atoms with Gasteiger partial charge in [0.15, 0.2) is 6.10 Å². The van der Waals surface area contributed by atoms with Gasteiger partial charge < -0.3 is 10.1 Å². The van der Waals surface area contributed by atoms with Crippen molar-refractivity contribution in [2.24, 2.45) is 0 Å². The summed E-state index contributed by atoms with van der Waals surface area (Å²) in [4.78, 5) is 50.4. The van der Waals surface area contributed by atoms with Crippen molar-refractivity contribution >= 4 is 34.5 Å². The van der Waals surface area contributed by atoms with Gasteiger partial charge in [0.2, 0.25) is 0 Å². The molecule has 2 aromatic rings. The number of ether oxygens (including phenoxy) is 1. The number of hydrogen-bond acceptors (Lipinski definition) is 5. The summed E-state index contributed by atoms with van der Waals surface area (Å²) >= 11 is 0. The Labute approximate surface area is 168 Å². The number of rotatable bonds is 8. The number of nitrogens with zero attached hydrogens (tertiary/aromatic N) is 1. The Morgan fingerprint density at radius 1 is 1.14 bits per heavy atom. The van der Waals surface area contributed by atoms with Crippen molar-refractivity contribution in [3.8, 4) is 0 Å². The maximum Gasteiger partial charge on any atom is 0.306 e. The lowest BCUT2D eigenvalue weighted by Crippen LogP contribution is -2.41. The van der Waals surface area contributed by atoms with Crippen LogP contribution in [-0.4, -0.2) is 47.8 Å². The lowest BCUT2D eigenvalue weighted by molar-refractivity contribution is -0.154. The van der Waals surface area contributed by atoms with E-state index >= 15 is 0 Å². The van der Waals surface area contributed by atoms with Crippen LogP contribution in [0.1, 0.15) is 40.5 Å². The predicted octanol–water partition coefficient (Wildman–Crippen LogP) is 2.45. The summed E-state index contributed by atoms with van der Waals surface area (Å²) in [6.45, 7) is 5.35. The molecule has 3 rings (SSSR count). The Balaban J connectivity index is 1.60. The monoisotopic (exact) mass is 394 g/mol. The zero-order chi connectivity index (χ0) is 21.0. The number of carbonyl (C=O) groups excluding carboxylic acids is 4. The molecule has 0 aliphatic carbocycles. The molecule has 7 nitrogen and oxygen atoms in total. The number of nitrogens with one attached hydrogen (secondary N) is 1. The van der Waals surface area contributed by atoms with Crippen LogP contribution in [-0.2, 0) is 14.3 Å². The third-order valence-electron chi connectivity index (χ3n) is 4.72. The van der Waals surface area contributed by atoms with Gasteiger partial charge in [-0.2, -0.15) is 0 Å². The molecule has 7 heteroatoms. The first-order chi connectivity index (χ1) is 13.9. The van der Waals surface area contributed by atoms with E-state index in [1.54, 1.807) is 24.3 Å². The molecule has 0 radical (unpaired) electrons. The standard InChI is InChI=1S/C22H22N2O5/c1-3-12-23-20(26)14(2)29-18(25)11-6-13-24-21(27)16-9-4-7-15-8-5-10-17(19(15)16)22(24)28/h3-5,7-10,14H,1,6,11-13H2,2H3,(H,23,26)/t14-/m1/s1. The van der Waals surface area contributed by atoms with Crippen LogP contribution in [0, 0.1) is 0 Å². The number of hydrogen-bond donors (Lipinski definition) is 1. The van der Waals surface area contributed by atoms with Gasteiger partial charge in [0, 0.05) is 36.0 Å². The van der Waals surface area contributed by atoms with Crippen LogP contribution >= 0.6 is 0 Å². The molecule has 1 N–H and O–H groups in total. The predicted molar refractivity (Wildman–Crippen MR) is 107 cm³/mol. The van der Waals surface area contributed by atoms with Gasteiger partial charge in [0.25, 0.3) is 17.7 Å². The first kappa shape index (κ1) is 20.3. The Morgan fingerprint density at radius 3 is 2.34 bits per heavy atom. The Bertz CT molecular complexity index is 947. The zero-order valence-electron chi connectivity index (χ0n) is 16.1. The molecule has 1 aliphatic heterocycles. The second-order valence-electron chi connectivity index (χ2n) is 6.74. The minimum Gasteiger partial charge on any atom is -0.453 e. The summed E-state index contributed by atoms with van der Waals surface area (Å²) in [7, 11) is 0. The van der Waals surface area contributed by atoms with E-state index in [1.165, 1.54) is 13.0 Å². The molecule has 0 fully saturated rings. The van der Waals surface area contributed by atoms with Crippen LogP contribution in [0.4, 0.5) is 0 Å². The van der Waals surface area contributed by atoms with Gasteiger partial charge in [-0.15, -0.1) is 6.58 Å². The number of imide groups is 1. The highest BCUT2D eigenvalue weighted by molar-refractivity contribution is 6.25. The number of benzene rings is 2. The molecule has 0 aromatic heterocycles. The van der Waals surface area contributed by atoms with Gasteiger partial charge in [-0.25, -0.2) is 0 Å². The Kier molecular flexibility index (Phi) is 6.07. The fraction of sp³-hybridized carbons (Fsp3) is 0.273. The average molecular weight is 394 g/mol. The lowest BCUT2D eigenvalue weighted by Gasteiger charge is -2.27. The molecule has 2 aromatic carbocycles. The van der Waals surface area contributed by atoms with E-state index in [2.05, 4.69) is 11.9 Å². The van der Waals surface area contributed by atoms with Gasteiger partial charge in [0.05, 0.1) is 0 Å². The van der Waals surface area contributed by atoms with E-state index in [9.17, 15) is 19.2 Å². The van der Waals surface area contributed by atoms with Crippen molar-refractivity contribution in [1.29, 1.82) is 0 Å². The van der Waals surface area contributed by atoms with Crippen LogP contribution in [0.15, 0.2) is 49.1 Å². The summed E-state index contributed by atoms with van der Waals surface area (Å²) in [5.41, 5.74) is 0.959. The van der Waals surface area contributed by atoms with Crippen LogP contribution < -0.4 is 5.32 Å². The van der Waals surface area contributed by atoms with Crippen LogP contribution in [0.25, 0.3) is 10.8 Å². The quantitative estimate of drug-likeness (QED) is 0.422. The van der Waals surface area contributed by atoms with Crippen LogP contribution in [0.2, 0.25) is 0 Å². The molecule has 150 valence electrons.